The molecule has 0 atom stereocenters. The van der Waals surface area contributed by atoms with E-state index in [4.69, 9.17) is 15.9 Å². The number of terminal acetylenes is 1. The van der Waals surface area contributed by atoms with E-state index in [2.05, 4.69) is 32.5 Å². The van der Waals surface area contributed by atoms with E-state index in [9.17, 15) is 9.59 Å². The highest BCUT2D eigenvalue weighted by molar-refractivity contribution is 9.10. The van der Waals surface area contributed by atoms with Gasteiger partial charge in [-0.15, -0.1) is 6.42 Å². The number of hydrogen-bond acceptors (Lipinski definition) is 4. The Morgan fingerprint density at radius 2 is 2.04 bits per heavy atom. The van der Waals surface area contributed by atoms with Crippen molar-refractivity contribution >= 4 is 33.4 Å². The second kappa shape index (κ2) is 10.4. The van der Waals surface area contributed by atoms with Gasteiger partial charge in [0.25, 0.3) is 5.91 Å². The topological polar surface area (TPSA) is 76.7 Å². The van der Waals surface area contributed by atoms with E-state index in [1.165, 1.54) is 7.11 Å². The maximum absolute atomic E-state index is 12.4. The van der Waals surface area contributed by atoms with Gasteiger partial charge < -0.3 is 20.1 Å². The molecular weight excluding hydrogens is 424 g/mol. The van der Waals surface area contributed by atoms with Crippen molar-refractivity contribution in [2.45, 2.75) is 13.3 Å². The first kappa shape index (κ1) is 21.3. The lowest BCUT2D eigenvalue weighted by Gasteiger charge is -2.14. The molecule has 2 amide bonds. The van der Waals surface area contributed by atoms with Crippen molar-refractivity contribution in [3.8, 4) is 23.8 Å². The van der Waals surface area contributed by atoms with Crippen LogP contribution in [0.3, 0.4) is 0 Å². The Kier molecular flexibility index (Phi) is 7.90. The number of halogens is 1. The van der Waals surface area contributed by atoms with Crippen LogP contribution in [0, 0.1) is 12.3 Å². The van der Waals surface area contributed by atoms with E-state index >= 15 is 0 Å². The summed E-state index contributed by atoms with van der Waals surface area (Å²) in [5.74, 6) is 2.69. The van der Waals surface area contributed by atoms with Gasteiger partial charge in [0.05, 0.1) is 24.7 Å². The zero-order chi connectivity index (χ0) is 20.5. The predicted octanol–water partition coefficient (Wildman–Crippen LogP) is 3.60. The number of carbonyl (C=O) groups is 2. The molecule has 0 aliphatic heterocycles. The summed E-state index contributed by atoms with van der Waals surface area (Å²) in [6.07, 6.45) is 6.19. The minimum absolute atomic E-state index is 0.187. The van der Waals surface area contributed by atoms with Crippen LogP contribution in [0.25, 0.3) is 0 Å². The summed E-state index contributed by atoms with van der Waals surface area (Å²) in [5, 5.41) is 5.27. The fourth-order valence-electron chi connectivity index (χ4n) is 2.35. The molecule has 0 saturated heterocycles. The lowest BCUT2D eigenvalue weighted by molar-refractivity contribution is -0.115. The first-order valence-electron chi connectivity index (χ1n) is 8.63. The first-order chi connectivity index (χ1) is 13.5. The van der Waals surface area contributed by atoms with Crippen molar-refractivity contribution in [3.63, 3.8) is 0 Å². The van der Waals surface area contributed by atoms with E-state index in [0.29, 0.717) is 39.4 Å². The molecule has 0 bridgehead atoms. The van der Waals surface area contributed by atoms with E-state index in [0.717, 1.165) is 6.42 Å². The Balaban J connectivity index is 2.01. The van der Waals surface area contributed by atoms with Crippen LogP contribution in [0.5, 0.6) is 11.5 Å². The van der Waals surface area contributed by atoms with Crippen molar-refractivity contribution < 1.29 is 19.1 Å². The normalized spacial score (nSPS) is 9.93. The summed E-state index contributed by atoms with van der Waals surface area (Å²) >= 11 is 3.39. The third-order valence-corrected chi connectivity index (χ3v) is 4.25. The van der Waals surface area contributed by atoms with E-state index in [1.54, 1.807) is 36.4 Å². The maximum Gasteiger partial charge on any atom is 0.251 e. The van der Waals surface area contributed by atoms with Gasteiger partial charge in [0.1, 0.15) is 0 Å². The molecule has 0 aromatic heterocycles. The summed E-state index contributed by atoms with van der Waals surface area (Å²) in [6.45, 7) is 2.34. The monoisotopic (exact) mass is 444 g/mol. The van der Waals surface area contributed by atoms with Crippen LogP contribution in [0.15, 0.2) is 40.9 Å². The van der Waals surface area contributed by atoms with Crippen LogP contribution in [0.2, 0.25) is 0 Å². The van der Waals surface area contributed by atoms with Crippen LogP contribution in [0.4, 0.5) is 5.69 Å². The molecule has 0 heterocycles. The second-order valence-electron chi connectivity index (χ2n) is 5.79. The molecule has 2 aromatic rings. The highest BCUT2D eigenvalue weighted by Crippen LogP contribution is 2.36. The number of benzene rings is 2. The highest BCUT2D eigenvalue weighted by Gasteiger charge is 2.16. The molecule has 2 rings (SSSR count). The van der Waals surface area contributed by atoms with Crippen LogP contribution in [0.1, 0.15) is 29.3 Å². The SMILES string of the molecule is C#Cc1cccc(NC(=O)CNC(=O)c2cc(Br)c(OCCC)c(OC)c2)c1. The van der Waals surface area contributed by atoms with Crippen LogP contribution in [-0.2, 0) is 4.79 Å². The summed E-state index contributed by atoms with van der Waals surface area (Å²) in [4.78, 5) is 24.5. The molecule has 6 nitrogen and oxygen atoms in total. The summed E-state index contributed by atoms with van der Waals surface area (Å²) in [6, 6.07) is 10.1. The minimum Gasteiger partial charge on any atom is -0.493 e. The van der Waals surface area contributed by atoms with E-state index in [-0.39, 0.29) is 12.5 Å². The molecule has 7 heteroatoms. The Morgan fingerprint density at radius 1 is 1.25 bits per heavy atom. The van der Waals surface area contributed by atoms with Gasteiger partial charge >= 0.3 is 0 Å². The Morgan fingerprint density at radius 3 is 2.71 bits per heavy atom. The molecule has 0 aliphatic rings. The van der Waals surface area contributed by atoms with E-state index in [1.807, 2.05) is 6.92 Å². The van der Waals surface area contributed by atoms with Gasteiger partial charge in [-0.05, 0) is 52.7 Å². The van der Waals surface area contributed by atoms with Crippen molar-refractivity contribution in [3.05, 3.63) is 52.0 Å². The summed E-state index contributed by atoms with van der Waals surface area (Å²) in [5.41, 5.74) is 1.57. The van der Waals surface area contributed by atoms with Gasteiger partial charge in [0.2, 0.25) is 5.91 Å². The number of methoxy groups -OCH3 is 1. The Hall–Kier alpha value is -2.98. The zero-order valence-corrected chi connectivity index (χ0v) is 17.3. The largest absolute Gasteiger partial charge is 0.493 e. The van der Waals surface area contributed by atoms with Crippen LogP contribution >= 0.6 is 15.9 Å². The standard InChI is InChI=1S/C21H21BrN2O4/c1-4-9-28-20-17(22)11-15(12-18(20)27-3)21(26)23-13-19(25)24-16-8-6-7-14(5-2)10-16/h2,6-8,10-12H,4,9,13H2,1,3H3,(H,23,26)(H,24,25). The van der Waals surface area contributed by atoms with Gasteiger partial charge in [-0.1, -0.05) is 18.9 Å². The summed E-state index contributed by atoms with van der Waals surface area (Å²) in [7, 11) is 1.50. The molecule has 0 saturated carbocycles. The average Bonchev–Trinajstić information content (AvgIpc) is 2.70. The van der Waals surface area contributed by atoms with Crippen LogP contribution in [-0.4, -0.2) is 32.1 Å². The number of hydrogen-bond donors (Lipinski definition) is 2. The molecule has 2 aromatic carbocycles. The molecule has 0 radical (unpaired) electrons. The highest BCUT2D eigenvalue weighted by atomic mass is 79.9. The van der Waals surface area contributed by atoms with Crippen molar-refractivity contribution in [1.29, 1.82) is 0 Å². The number of rotatable bonds is 8. The Bertz CT molecular complexity index is 906. The van der Waals surface area contributed by atoms with Gasteiger partial charge in [-0.2, -0.15) is 0 Å². The molecule has 0 fully saturated rings. The molecule has 0 spiro atoms. The Labute approximate surface area is 172 Å². The van der Waals surface area contributed by atoms with Crippen molar-refractivity contribution in [2.75, 3.05) is 25.6 Å². The molecular formula is C21H21BrN2O4. The number of anilines is 1. The fourth-order valence-corrected chi connectivity index (χ4v) is 2.91. The number of carbonyl (C=O) groups excluding carboxylic acids is 2. The van der Waals surface area contributed by atoms with Crippen molar-refractivity contribution in [1.82, 2.24) is 5.32 Å². The first-order valence-corrected chi connectivity index (χ1v) is 9.42. The fraction of sp³-hybridized carbons (Fsp3) is 0.238. The molecule has 0 aliphatic carbocycles. The maximum atomic E-state index is 12.4. The van der Waals surface area contributed by atoms with Gasteiger partial charge in [0.15, 0.2) is 11.5 Å². The summed E-state index contributed by atoms with van der Waals surface area (Å²) < 4.78 is 11.6. The van der Waals surface area contributed by atoms with Crippen molar-refractivity contribution in [2.24, 2.45) is 0 Å². The number of nitrogens with one attached hydrogen (secondary N) is 2. The molecule has 146 valence electrons. The second-order valence-corrected chi connectivity index (χ2v) is 6.65. The lowest BCUT2D eigenvalue weighted by Crippen LogP contribution is -2.32. The molecule has 0 unspecified atom stereocenters. The third kappa shape index (κ3) is 5.76. The third-order valence-electron chi connectivity index (χ3n) is 3.66. The van der Waals surface area contributed by atoms with Crippen LogP contribution < -0.4 is 20.1 Å². The molecule has 2 N–H and O–H groups in total. The number of amides is 2. The lowest BCUT2D eigenvalue weighted by atomic mass is 10.2. The van der Waals surface area contributed by atoms with Gasteiger partial charge in [0, 0.05) is 16.8 Å². The quantitative estimate of drug-likeness (QED) is 0.609. The average molecular weight is 445 g/mol. The minimum atomic E-state index is -0.409. The molecule has 28 heavy (non-hydrogen) atoms. The van der Waals surface area contributed by atoms with Gasteiger partial charge in [-0.3, -0.25) is 9.59 Å². The zero-order valence-electron chi connectivity index (χ0n) is 15.7. The van der Waals surface area contributed by atoms with Gasteiger partial charge in [-0.25, -0.2) is 0 Å². The van der Waals surface area contributed by atoms with E-state index < -0.39 is 5.91 Å². The number of ether oxygens (including phenoxy) is 2. The smallest absolute Gasteiger partial charge is 0.251 e. The predicted molar refractivity (Wildman–Crippen MR) is 112 cm³/mol.